The van der Waals surface area contributed by atoms with Crippen molar-refractivity contribution >= 4 is 39.5 Å². The number of aliphatic hydroxyl groups excluding tert-OH is 1. The number of unbranched alkanes of at least 4 members (excludes halogenated alkanes) is 40. The van der Waals surface area contributed by atoms with Gasteiger partial charge in [-0.1, -0.05) is 280 Å². The fourth-order valence-electron chi connectivity index (χ4n) is 11.0. The molecule has 0 saturated heterocycles. The highest BCUT2D eigenvalue weighted by Gasteiger charge is 2.30. The smallest absolute Gasteiger partial charge is 0.462 e. The molecule has 19 heteroatoms. The molecule has 0 aliphatic heterocycles. The van der Waals surface area contributed by atoms with E-state index in [1.54, 1.807) is 0 Å². The zero-order valence-corrected chi connectivity index (χ0v) is 65.4. The number of aliphatic hydroxyl groups is 1. The third-order valence-corrected chi connectivity index (χ3v) is 19.1. The van der Waals surface area contributed by atoms with E-state index < -0.39 is 97.5 Å². The van der Waals surface area contributed by atoms with Crippen LogP contribution in [0.2, 0.25) is 0 Å². The summed E-state index contributed by atoms with van der Waals surface area (Å²) < 4.78 is 68.6. The molecule has 582 valence electrons. The molecule has 0 heterocycles. The van der Waals surface area contributed by atoms with Crippen LogP contribution in [0.15, 0.2) is 72.9 Å². The Kier molecular flexibility index (Phi) is 71.2. The first-order valence-electron chi connectivity index (χ1n) is 40.2. The van der Waals surface area contributed by atoms with Crippen molar-refractivity contribution in [2.45, 2.75) is 380 Å². The molecular weight excluding hydrogens is 1310 g/mol. The predicted octanol–water partition coefficient (Wildman–Crippen LogP) is 23.2. The average molecular weight is 1450 g/mol. The molecule has 3 N–H and O–H groups in total. The number of carbonyl (C=O) groups excluding carboxylic acids is 4. The lowest BCUT2D eigenvalue weighted by molar-refractivity contribution is -0.161. The van der Waals surface area contributed by atoms with E-state index in [9.17, 15) is 43.2 Å². The Morgan fingerprint density at radius 3 is 0.760 bits per heavy atom. The Morgan fingerprint density at radius 2 is 0.490 bits per heavy atom. The number of phosphoric ester groups is 2. The normalized spacial score (nSPS) is 14.3. The number of hydrogen-bond acceptors (Lipinski definition) is 15. The summed E-state index contributed by atoms with van der Waals surface area (Å²) in [5.41, 5.74) is 0. The molecule has 0 saturated carbocycles. The lowest BCUT2D eigenvalue weighted by Gasteiger charge is -2.21. The minimum atomic E-state index is -4.98. The van der Waals surface area contributed by atoms with Gasteiger partial charge in [0.2, 0.25) is 0 Å². The minimum Gasteiger partial charge on any atom is -0.462 e. The summed E-state index contributed by atoms with van der Waals surface area (Å²) in [6, 6.07) is 0. The Morgan fingerprint density at radius 1 is 0.280 bits per heavy atom. The zero-order chi connectivity index (χ0) is 73.2. The van der Waals surface area contributed by atoms with Crippen LogP contribution in [0.3, 0.4) is 0 Å². The molecule has 0 bridgehead atoms. The summed E-state index contributed by atoms with van der Waals surface area (Å²) >= 11 is 0. The third-order valence-electron chi connectivity index (χ3n) is 17.2. The second-order valence-electron chi connectivity index (χ2n) is 27.1. The monoisotopic (exact) mass is 1450 g/mol. The number of hydrogen-bond donors (Lipinski definition) is 3. The Bertz CT molecular complexity index is 2180. The summed E-state index contributed by atoms with van der Waals surface area (Å²) in [5.74, 6) is -2.20. The molecule has 2 unspecified atom stereocenters. The molecule has 5 atom stereocenters. The van der Waals surface area contributed by atoms with E-state index in [4.69, 9.17) is 37.0 Å². The predicted molar refractivity (Wildman–Crippen MR) is 409 cm³/mol. The maximum absolute atomic E-state index is 13.1. The second kappa shape index (κ2) is 73.8. The van der Waals surface area contributed by atoms with Crippen molar-refractivity contribution in [3.8, 4) is 0 Å². The highest BCUT2D eigenvalue weighted by Crippen LogP contribution is 2.45. The standard InChI is InChI=1S/C81H146O17P2/c1-5-9-13-17-21-25-29-33-37-41-45-49-53-57-61-65-78(83)91-71-76(97-80(85)67-63-59-55-51-47-43-39-35-31-27-23-19-15-11-7-3)73-95-99(87,88)93-69-75(82)70-94-100(89,90)96-74-77(98-81(86)68-64-60-56-52-48-44-40-36-32-28-24-20-16-12-8-4)72-92-79(84)66-62-58-54-50-46-42-38-34-30-26-22-18-14-10-6-2/h25,27,29,31,33-40,75-77,82H,5-24,26,28,30,32,41-74H2,1-4H3,(H,87,88)(H,89,90)/b29-25-,31-27-,37-33-,38-34-,39-35-,40-36-/t75-,76+,77+/m0/s1. The van der Waals surface area contributed by atoms with Gasteiger partial charge in [0.05, 0.1) is 26.4 Å². The maximum Gasteiger partial charge on any atom is 0.472 e. The molecule has 0 aromatic carbocycles. The Balaban J connectivity index is 5.37. The van der Waals surface area contributed by atoms with Crippen LogP contribution in [-0.2, 0) is 65.4 Å². The summed E-state index contributed by atoms with van der Waals surface area (Å²) in [4.78, 5) is 73.0. The molecule has 100 heavy (non-hydrogen) atoms. The van der Waals surface area contributed by atoms with Gasteiger partial charge in [0.25, 0.3) is 0 Å². The summed E-state index contributed by atoms with van der Waals surface area (Å²) in [5, 5.41) is 10.6. The molecule has 0 aliphatic carbocycles. The molecule has 0 aliphatic rings. The van der Waals surface area contributed by atoms with Crippen molar-refractivity contribution in [2.24, 2.45) is 0 Å². The first-order valence-corrected chi connectivity index (χ1v) is 43.2. The van der Waals surface area contributed by atoms with Gasteiger partial charge in [-0.3, -0.25) is 37.3 Å². The van der Waals surface area contributed by atoms with Gasteiger partial charge >= 0.3 is 39.5 Å². The largest absolute Gasteiger partial charge is 0.472 e. The third kappa shape index (κ3) is 72.8. The molecule has 0 radical (unpaired) electrons. The van der Waals surface area contributed by atoms with Crippen molar-refractivity contribution in [1.82, 2.24) is 0 Å². The Labute approximate surface area is 609 Å². The van der Waals surface area contributed by atoms with Crippen molar-refractivity contribution in [2.75, 3.05) is 39.6 Å². The SMILES string of the molecule is CCCCCC/C=C\C=C/CCCCCCCC(=O)OC[C@H](COP(=O)(O)OC[C@H](O)COP(=O)(O)OC[C@@H](COC(=O)CCCCCCC/C=C\CCCCCCCC)OC(=O)CCCCCCC/C=C\CCCCCCCC)OC(=O)CCCCCCC/C=C\C=C/CCCCCC. The number of carbonyl (C=O) groups is 4. The van der Waals surface area contributed by atoms with Gasteiger partial charge in [0.15, 0.2) is 12.2 Å². The highest BCUT2D eigenvalue weighted by atomic mass is 31.2. The number of allylic oxidation sites excluding steroid dienone is 12. The van der Waals surface area contributed by atoms with Crippen LogP contribution in [0, 0.1) is 0 Å². The number of rotatable bonds is 76. The number of ether oxygens (including phenoxy) is 4. The second-order valence-corrected chi connectivity index (χ2v) is 30.0. The van der Waals surface area contributed by atoms with E-state index in [0.29, 0.717) is 25.7 Å². The van der Waals surface area contributed by atoms with Crippen LogP contribution >= 0.6 is 15.6 Å². The van der Waals surface area contributed by atoms with Gasteiger partial charge in [-0.05, 0) is 128 Å². The van der Waals surface area contributed by atoms with Crippen molar-refractivity contribution in [3.05, 3.63) is 72.9 Å². The van der Waals surface area contributed by atoms with Gasteiger partial charge in [-0.15, -0.1) is 0 Å². The van der Waals surface area contributed by atoms with Crippen LogP contribution in [0.5, 0.6) is 0 Å². The van der Waals surface area contributed by atoms with E-state index in [0.717, 1.165) is 154 Å². The topological polar surface area (TPSA) is 237 Å². The Hall–Kier alpha value is -3.50. The number of esters is 4. The summed E-state index contributed by atoms with van der Waals surface area (Å²) in [6.07, 6.45) is 74.4. The van der Waals surface area contributed by atoms with E-state index in [-0.39, 0.29) is 25.7 Å². The molecular formula is C81H146O17P2. The maximum atomic E-state index is 13.1. The summed E-state index contributed by atoms with van der Waals surface area (Å²) in [6.45, 7) is 4.83. The van der Waals surface area contributed by atoms with E-state index >= 15 is 0 Å². The van der Waals surface area contributed by atoms with Gasteiger partial charge in [-0.25, -0.2) is 9.13 Å². The van der Waals surface area contributed by atoms with E-state index in [1.807, 2.05) is 0 Å². The fourth-order valence-corrected chi connectivity index (χ4v) is 12.5. The van der Waals surface area contributed by atoms with Gasteiger partial charge in [-0.2, -0.15) is 0 Å². The average Bonchev–Trinajstić information content (AvgIpc) is 1.01. The zero-order valence-electron chi connectivity index (χ0n) is 63.6. The van der Waals surface area contributed by atoms with Gasteiger partial charge in [0.1, 0.15) is 19.3 Å². The van der Waals surface area contributed by atoms with Gasteiger partial charge < -0.3 is 33.8 Å². The van der Waals surface area contributed by atoms with Crippen LogP contribution in [0.1, 0.15) is 362 Å². The first-order chi connectivity index (χ1) is 48.7. The highest BCUT2D eigenvalue weighted by molar-refractivity contribution is 7.47. The summed E-state index contributed by atoms with van der Waals surface area (Å²) in [7, 11) is -9.96. The fraction of sp³-hybridized carbons (Fsp3) is 0.802. The van der Waals surface area contributed by atoms with E-state index in [2.05, 4.69) is 101 Å². The van der Waals surface area contributed by atoms with Crippen molar-refractivity contribution in [1.29, 1.82) is 0 Å². The van der Waals surface area contributed by atoms with Crippen LogP contribution < -0.4 is 0 Å². The quantitative estimate of drug-likeness (QED) is 0.0128. The lowest BCUT2D eigenvalue weighted by Crippen LogP contribution is -2.30. The van der Waals surface area contributed by atoms with Crippen LogP contribution in [0.25, 0.3) is 0 Å². The number of phosphoric acid groups is 2. The van der Waals surface area contributed by atoms with Gasteiger partial charge in [0, 0.05) is 25.7 Å². The van der Waals surface area contributed by atoms with Crippen molar-refractivity contribution < 1.29 is 80.2 Å². The molecule has 0 aromatic rings. The van der Waals surface area contributed by atoms with Crippen LogP contribution in [-0.4, -0.2) is 96.7 Å². The first kappa shape index (κ1) is 96.5. The van der Waals surface area contributed by atoms with Crippen molar-refractivity contribution in [3.63, 3.8) is 0 Å². The minimum absolute atomic E-state index is 0.0760. The molecule has 0 rings (SSSR count). The van der Waals surface area contributed by atoms with E-state index in [1.165, 1.54) is 128 Å². The molecule has 0 spiro atoms. The van der Waals surface area contributed by atoms with Crippen LogP contribution in [0.4, 0.5) is 0 Å². The molecule has 0 amide bonds. The molecule has 0 aromatic heterocycles. The lowest BCUT2D eigenvalue weighted by atomic mass is 10.1. The molecule has 17 nitrogen and oxygen atoms in total. The molecule has 0 fully saturated rings.